The smallest absolute Gasteiger partial charge is 0.331 e. The summed E-state index contributed by atoms with van der Waals surface area (Å²) in [6, 6.07) is 8.25. The van der Waals surface area contributed by atoms with E-state index in [9.17, 15) is 9.59 Å². The molecular formula is C22H23ClN6O3. The van der Waals surface area contributed by atoms with Crippen molar-refractivity contribution < 1.29 is 14.3 Å². The van der Waals surface area contributed by atoms with Crippen LogP contribution < -0.4 is 9.80 Å². The van der Waals surface area contributed by atoms with Crippen molar-refractivity contribution in [1.82, 2.24) is 15.1 Å². The molecule has 4 heterocycles. The molecule has 1 fully saturated rings. The maximum absolute atomic E-state index is 13.7. The number of aromatic nitrogens is 2. The Kier molecular flexibility index (Phi) is 5.30. The molecule has 3 aliphatic heterocycles. The number of anilines is 2. The van der Waals surface area contributed by atoms with Gasteiger partial charge in [-0.1, -0.05) is 37.6 Å². The van der Waals surface area contributed by atoms with Crippen molar-refractivity contribution in [2.24, 2.45) is 10.9 Å². The molecule has 3 amide bonds. The minimum Gasteiger partial charge on any atom is -0.378 e. The van der Waals surface area contributed by atoms with Crippen LogP contribution in [0.25, 0.3) is 0 Å². The minimum absolute atomic E-state index is 0.0905. The molecule has 32 heavy (non-hydrogen) atoms. The van der Waals surface area contributed by atoms with Gasteiger partial charge in [-0.05, 0) is 23.6 Å². The van der Waals surface area contributed by atoms with Gasteiger partial charge in [-0.2, -0.15) is 4.99 Å². The van der Waals surface area contributed by atoms with Crippen LogP contribution in [-0.2, 0) is 16.1 Å². The molecule has 166 valence electrons. The van der Waals surface area contributed by atoms with Crippen LogP contribution in [0.15, 0.2) is 35.3 Å². The summed E-state index contributed by atoms with van der Waals surface area (Å²) in [5.41, 5.74) is 1.94. The third-order valence-corrected chi connectivity index (χ3v) is 6.15. The topological polar surface area (TPSA) is 91.2 Å². The van der Waals surface area contributed by atoms with Gasteiger partial charge >= 0.3 is 6.03 Å². The number of rotatable bonds is 4. The van der Waals surface area contributed by atoms with E-state index in [0.29, 0.717) is 55.1 Å². The first kappa shape index (κ1) is 20.8. The maximum atomic E-state index is 13.7. The van der Waals surface area contributed by atoms with Crippen LogP contribution in [-0.4, -0.2) is 65.2 Å². The summed E-state index contributed by atoms with van der Waals surface area (Å²) in [6.45, 7) is 6.72. The average Bonchev–Trinajstić information content (AvgIpc) is 3.15. The maximum Gasteiger partial charge on any atom is 0.331 e. The minimum atomic E-state index is -0.654. The van der Waals surface area contributed by atoms with Crippen LogP contribution in [0.2, 0.25) is 5.02 Å². The van der Waals surface area contributed by atoms with Crippen LogP contribution in [0.3, 0.4) is 0 Å². The molecule has 2 aromatic rings. The van der Waals surface area contributed by atoms with Crippen LogP contribution >= 0.6 is 11.6 Å². The van der Waals surface area contributed by atoms with E-state index in [2.05, 4.69) is 20.1 Å². The van der Waals surface area contributed by atoms with Gasteiger partial charge in [-0.15, -0.1) is 10.2 Å². The van der Waals surface area contributed by atoms with Gasteiger partial charge in [0.2, 0.25) is 0 Å². The van der Waals surface area contributed by atoms with Gasteiger partial charge in [0.05, 0.1) is 25.4 Å². The number of fused-ring (bicyclic) bond motifs is 3. The van der Waals surface area contributed by atoms with Gasteiger partial charge < -0.3 is 9.64 Å². The Morgan fingerprint density at radius 3 is 2.53 bits per heavy atom. The molecule has 0 bridgehead atoms. The number of aliphatic imine (C=N–C) groups is 1. The summed E-state index contributed by atoms with van der Waals surface area (Å²) in [5.74, 6) is 0.524. The Morgan fingerprint density at radius 1 is 1.12 bits per heavy atom. The van der Waals surface area contributed by atoms with E-state index in [4.69, 9.17) is 16.3 Å². The molecule has 0 N–H and O–H groups in total. The highest BCUT2D eigenvalue weighted by Gasteiger charge is 2.48. The number of carbonyl (C=O) groups is 2. The molecule has 0 saturated carbocycles. The van der Waals surface area contributed by atoms with E-state index in [1.54, 1.807) is 17.0 Å². The predicted octanol–water partition coefficient (Wildman–Crippen LogP) is 2.72. The molecule has 1 atom stereocenters. The second-order valence-electron chi connectivity index (χ2n) is 8.36. The normalized spacial score (nSPS) is 20.6. The fraction of sp³-hybridized carbons (Fsp3) is 0.409. The van der Waals surface area contributed by atoms with Gasteiger partial charge in [-0.3, -0.25) is 14.6 Å². The number of benzene rings is 1. The van der Waals surface area contributed by atoms with Gasteiger partial charge in [0.25, 0.3) is 5.91 Å². The zero-order chi connectivity index (χ0) is 22.4. The van der Waals surface area contributed by atoms with E-state index in [-0.39, 0.29) is 23.7 Å². The van der Waals surface area contributed by atoms with Crippen LogP contribution in [0, 0.1) is 5.92 Å². The van der Waals surface area contributed by atoms with Crippen molar-refractivity contribution in [3.63, 3.8) is 0 Å². The summed E-state index contributed by atoms with van der Waals surface area (Å²) < 4.78 is 5.43. The van der Waals surface area contributed by atoms with Crippen molar-refractivity contribution in [3.8, 4) is 0 Å². The molecule has 5 rings (SSSR count). The summed E-state index contributed by atoms with van der Waals surface area (Å²) in [7, 11) is 0. The quantitative estimate of drug-likeness (QED) is 0.705. The molecule has 1 saturated heterocycles. The SMILES string of the molecule is CC(C)C1C(=O)N=C2c3nnc(N4CCOCC4)cc3N(Cc3ccc(Cl)cc3)C(=O)N21. The lowest BCUT2D eigenvalue weighted by atomic mass is 10.0. The highest BCUT2D eigenvalue weighted by Crippen LogP contribution is 2.36. The monoisotopic (exact) mass is 454 g/mol. The van der Waals surface area contributed by atoms with Crippen molar-refractivity contribution in [2.45, 2.75) is 26.4 Å². The van der Waals surface area contributed by atoms with Gasteiger partial charge in [0, 0.05) is 24.2 Å². The largest absolute Gasteiger partial charge is 0.378 e. The number of halogens is 1. The molecule has 0 spiro atoms. The summed E-state index contributed by atoms with van der Waals surface area (Å²) in [4.78, 5) is 35.8. The Balaban J connectivity index is 1.60. The van der Waals surface area contributed by atoms with Crippen LogP contribution in [0.4, 0.5) is 16.3 Å². The first-order valence-corrected chi connectivity index (χ1v) is 11.0. The molecule has 9 nitrogen and oxygen atoms in total. The Morgan fingerprint density at radius 2 is 1.84 bits per heavy atom. The number of morpholine rings is 1. The van der Waals surface area contributed by atoms with Crippen molar-refractivity contribution in [3.05, 3.63) is 46.6 Å². The van der Waals surface area contributed by atoms with E-state index < -0.39 is 6.04 Å². The molecule has 0 radical (unpaired) electrons. The zero-order valence-corrected chi connectivity index (χ0v) is 18.6. The number of amides is 3. The standard InChI is InChI=1S/C22H23ClN6O3/c1-13(2)19-21(30)24-20-18-16(11-17(25-26-18)27-7-9-32-10-8-27)28(22(31)29(19)20)12-14-3-5-15(23)6-4-14/h3-6,11,13,19H,7-10,12H2,1-2H3. The van der Waals surface area contributed by atoms with Crippen molar-refractivity contribution in [2.75, 3.05) is 36.1 Å². The van der Waals surface area contributed by atoms with Crippen molar-refractivity contribution >= 4 is 40.9 Å². The highest BCUT2D eigenvalue weighted by atomic mass is 35.5. The molecule has 1 aromatic carbocycles. The lowest BCUT2D eigenvalue weighted by Crippen LogP contribution is -2.55. The molecule has 0 aliphatic carbocycles. The van der Waals surface area contributed by atoms with E-state index in [1.165, 1.54) is 4.90 Å². The molecule has 10 heteroatoms. The first-order chi connectivity index (χ1) is 15.4. The highest BCUT2D eigenvalue weighted by molar-refractivity contribution is 6.30. The first-order valence-electron chi connectivity index (χ1n) is 10.6. The second-order valence-corrected chi connectivity index (χ2v) is 8.80. The molecule has 1 aromatic heterocycles. The summed E-state index contributed by atoms with van der Waals surface area (Å²) in [5, 5.41) is 9.45. The fourth-order valence-electron chi connectivity index (χ4n) is 4.27. The average molecular weight is 455 g/mol. The van der Waals surface area contributed by atoms with Crippen molar-refractivity contribution in [1.29, 1.82) is 0 Å². The van der Waals surface area contributed by atoms with E-state index in [0.717, 1.165) is 5.56 Å². The van der Waals surface area contributed by atoms with Gasteiger partial charge in [0.15, 0.2) is 17.3 Å². The van der Waals surface area contributed by atoms with Gasteiger partial charge in [-0.25, -0.2) is 4.79 Å². The lowest BCUT2D eigenvalue weighted by Gasteiger charge is -2.38. The van der Waals surface area contributed by atoms with Crippen LogP contribution in [0.1, 0.15) is 25.1 Å². The zero-order valence-electron chi connectivity index (χ0n) is 17.9. The lowest BCUT2D eigenvalue weighted by molar-refractivity contribution is -0.120. The number of urea groups is 1. The molecule has 3 aliphatic rings. The Bertz CT molecular complexity index is 1100. The molecule has 1 unspecified atom stereocenters. The van der Waals surface area contributed by atoms with Crippen LogP contribution in [0.5, 0.6) is 0 Å². The van der Waals surface area contributed by atoms with E-state index >= 15 is 0 Å². The Hall–Kier alpha value is -3.04. The fourth-order valence-corrected chi connectivity index (χ4v) is 4.39. The third kappa shape index (κ3) is 3.51. The number of carbonyl (C=O) groups excluding carboxylic acids is 2. The number of amidine groups is 1. The summed E-state index contributed by atoms with van der Waals surface area (Å²) >= 11 is 6.04. The van der Waals surface area contributed by atoms with E-state index in [1.807, 2.05) is 32.0 Å². The second kappa shape index (κ2) is 8.14. The molecular weight excluding hydrogens is 432 g/mol. The number of hydrogen-bond acceptors (Lipinski definition) is 6. The predicted molar refractivity (Wildman–Crippen MR) is 120 cm³/mol. The summed E-state index contributed by atoms with van der Waals surface area (Å²) in [6.07, 6.45) is 0. The number of hydrogen-bond donors (Lipinski definition) is 0. The Labute approximate surface area is 190 Å². The number of ether oxygens (including phenoxy) is 1. The van der Waals surface area contributed by atoms with Gasteiger partial charge in [0.1, 0.15) is 6.04 Å². The number of nitrogens with zero attached hydrogens (tertiary/aromatic N) is 6. The third-order valence-electron chi connectivity index (χ3n) is 5.90.